The zero-order chi connectivity index (χ0) is 17.8. The maximum atomic E-state index is 12.4. The fraction of sp³-hybridized carbons (Fsp3) is 0.167. The first-order valence-electron chi connectivity index (χ1n) is 7.66. The van der Waals surface area contributed by atoms with Gasteiger partial charge in [-0.3, -0.25) is 4.79 Å². The van der Waals surface area contributed by atoms with Crippen molar-refractivity contribution < 1.29 is 9.53 Å². The largest absolute Gasteiger partial charge is 0.495 e. The lowest BCUT2D eigenvalue weighted by atomic mass is 10.2. The van der Waals surface area contributed by atoms with E-state index in [1.807, 2.05) is 37.3 Å². The van der Waals surface area contributed by atoms with Gasteiger partial charge in [-0.1, -0.05) is 47.1 Å². The summed E-state index contributed by atoms with van der Waals surface area (Å²) in [6.07, 6.45) is 1.61. The van der Waals surface area contributed by atoms with E-state index in [1.54, 1.807) is 23.0 Å². The van der Waals surface area contributed by atoms with E-state index in [9.17, 15) is 4.79 Å². The molecule has 0 atom stereocenters. The Morgan fingerprint density at radius 3 is 2.76 bits per heavy atom. The molecule has 0 saturated heterocycles. The summed E-state index contributed by atoms with van der Waals surface area (Å²) in [4.78, 5) is 12.4. The highest BCUT2D eigenvalue weighted by atomic mass is 35.5. The number of aromatic nitrogens is 3. The van der Waals surface area contributed by atoms with Crippen LogP contribution in [-0.2, 0) is 6.54 Å². The number of ether oxygens (including phenoxy) is 1. The van der Waals surface area contributed by atoms with Crippen molar-refractivity contribution in [3.05, 3.63) is 70.5 Å². The van der Waals surface area contributed by atoms with Gasteiger partial charge in [0.25, 0.3) is 5.91 Å². The Bertz CT molecular complexity index is 893. The lowest BCUT2D eigenvalue weighted by Crippen LogP contribution is -2.13. The molecule has 6 nitrogen and oxygen atoms in total. The van der Waals surface area contributed by atoms with Gasteiger partial charge in [-0.2, -0.15) is 0 Å². The molecule has 3 rings (SSSR count). The second-order valence-corrected chi connectivity index (χ2v) is 5.95. The van der Waals surface area contributed by atoms with Crippen molar-refractivity contribution in [3.63, 3.8) is 0 Å². The fourth-order valence-corrected chi connectivity index (χ4v) is 2.52. The molecule has 7 heteroatoms. The van der Waals surface area contributed by atoms with Crippen LogP contribution in [0.2, 0.25) is 5.02 Å². The van der Waals surface area contributed by atoms with Gasteiger partial charge in [0, 0.05) is 11.1 Å². The summed E-state index contributed by atoms with van der Waals surface area (Å²) < 4.78 is 6.88. The normalized spacial score (nSPS) is 10.5. The van der Waals surface area contributed by atoms with Crippen molar-refractivity contribution in [1.82, 2.24) is 15.0 Å². The molecule has 1 heterocycles. The van der Waals surface area contributed by atoms with E-state index >= 15 is 0 Å². The van der Waals surface area contributed by atoms with E-state index in [1.165, 1.54) is 7.11 Å². The standard InChI is InChI=1S/C18H17ClN4O2/c1-12-8-15(17(25-2)9-14(12)19)20-18(24)16-11-23(22-21-16)10-13-6-4-3-5-7-13/h3-9,11H,10H2,1-2H3,(H,20,24). The zero-order valence-electron chi connectivity index (χ0n) is 13.9. The van der Waals surface area contributed by atoms with Crippen LogP contribution in [0.4, 0.5) is 5.69 Å². The van der Waals surface area contributed by atoms with Crippen LogP contribution in [0, 0.1) is 6.92 Å². The van der Waals surface area contributed by atoms with Gasteiger partial charge < -0.3 is 10.1 Å². The van der Waals surface area contributed by atoms with Crippen LogP contribution < -0.4 is 10.1 Å². The van der Waals surface area contributed by atoms with Crippen molar-refractivity contribution >= 4 is 23.2 Å². The molecule has 0 bridgehead atoms. The quantitative estimate of drug-likeness (QED) is 0.759. The molecular formula is C18H17ClN4O2. The molecule has 0 aliphatic rings. The van der Waals surface area contributed by atoms with Crippen molar-refractivity contribution in [3.8, 4) is 5.75 Å². The Hall–Kier alpha value is -2.86. The van der Waals surface area contributed by atoms with E-state index in [0.717, 1.165) is 11.1 Å². The molecule has 128 valence electrons. The molecule has 0 radical (unpaired) electrons. The minimum absolute atomic E-state index is 0.227. The molecule has 0 unspecified atom stereocenters. The Morgan fingerprint density at radius 1 is 1.28 bits per heavy atom. The van der Waals surface area contributed by atoms with E-state index in [4.69, 9.17) is 16.3 Å². The first-order valence-corrected chi connectivity index (χ1v) is 8.04. The Labute approximate surface area is 150 Å². The Kier molecular flexibility index (Phi) is 5.00. The average molecular weight is 357 g/mol. The van der Waals surface area contributed by atoms with E-state index in [0.29, 0.717) is 23.0 Å². The summed E-state index contributed by atoms with van der Waals surface area (Å²) in [5.74, 6) is 0.125. The van der Waals surface area contributed by atoms with Crippen molar-refractivity contribution in [2.45, 2.75) is 13.5 Å². The number of carbonyl (C=O) groups excluding carboxylic acids is 1. The molecule has 1 N–H and O–H groups in total. The lowest BCUT2D eigenvalue weighted by molar-refractivity contribution is 0.102. The zero-order valence-corrected chi connectivity index (χ0v) is 14.6. The van der Waals surface area contributed by atoms with E-state index in [2.05, 4.69) is 15.6 Å². The number of amides is 1. The molecule has 3 aromatic rings. The number of anilines is 1. The Balaban J connectivity index is 1.75. The summed E-state index contributed by atoms with van der Waals surface area (Å²) in [5.41, 5.74) is 2.68. The predicted molar refractivity (Wildman–Crippen MR) is 96.3 cm³/mol. The van der Waals surface area contributed by atoms with Crippen LogP contribution in [0.3, 0.4) is 0 Å². The minimum atomic E-state index is -0.362. The number of carbonyl (C=O) groups is 1. The third kappa shape index (κ3) is 3.97. The van der Waals surface area contributed by atoms with Gasteiger partial charge in [-0.15, -0.1) is 5.10 Å². The maximum absolute atomic E-state index is 12.4. The minimum Gasteiger partial charge on any atom is -0.495 e. The molecule has 0 spiro atoms. The molecule has 25 heavy (non-hydrogen) atoms. The number of hydrogen-bond acceptors (Lipinski definition) is 4. The summed E-state index contributed by atoms with van der Waals surface area (Å²) in [7, 11) is 1.52. The van der Waals surface area contributed by atoms with Gasteiger partial charge >= 0.3 is 0 Å². The molecule has 1 aromatic heterocycles. The second-order valence-electron chi connectivity index (χ2n) is 5.54. The predicted octanol–water partition coefficient (Wildman–Crippen LogP) is 3.55. The number of benzene rings is 2. The highest BCUT2D eigenvalue weighted by molar-refractivity contribution is 6.31. The number of aryl methyl sites for hydroxylation is 1. The molecule has 0 aliphatic carbocycles. The van der Waals surface area contributed by atoms with Gasteiger partial charge in [0.15, 0.2) is 5.69 Å². The lowest BCUT2D eigenvalue weighted by Gasteiger charge is -2.11. The van der Waals surface area contributed by atoms with Crippen LogP contribution >= 0.6 is 11.6 Å². The number of halogens is 1. The molecular weight excluding hydrogens is 340 g/mol. The summed E-state index contributed by atoms with van der Waals surface area (Å²) in [5, 5.41) is 11.3. The van der Waals surface area contributed by atoms with Crippen molar-refractivity contribution in [2.24, 2.45) is 0 Å². The maximum Gasteiger partial charge on any atom is 0.277 e. The van der Waals surface area contributed by atoms with Crippen LogP contribution in [0.25, 0.3) is 0 Å². The van der Waals surface area contributed by atoms with Gasteiger partial charge in [-0.25, -0.2) is 4.68 Å². The number of hydrogen-bond donors (Lipinski definition) is 1. The van der Waals surface area contributed by atoms with Crippen LogP contribution in [0.5, 0.6) is 5.75 Å². The smallest absolute Gasteiger partial charge is 0.277 e. The third-order valence-electron chi connectivity index (χ3n) is 3.69. The molecule has 0 fully saturated rings. The summed E-state index contributed by atoms with van der Waals surface area (Å²) >= 11 is 6.08. The SMILES string of the molecule is COc1cc(Cl)c(C)cc1NC(=O)c1cn(Cc2ccccc2)nn1. The van der Waals surface area contributed by atoms with Crippen LogP contribution in [-0.4, -0.2) is 28.0 Å². The second kappa shape index (κ2) is 7.36. The fourth-order valence-electron chi connectivity index (χ4n) is 2.37. The van der Waals surface area contributed by atoms with Crippen LogP contribution in [0.15, 0.2) is 48.7 Å². The first-order chi connectivity index (χ1) is 12.1. The van der Waals surface area contributed by atoms with Crippen molar-refractivity contribution in [1.29, 1.82) is 0 Å². The summed E-state index contributed by atoms with van der Waals surface area (Å²) in [6, 6.07) is 13.3. The third-order valence-corrected chi connectivity index (χ3v) is 4.09. The van der Waals surface area contributed by atoms with E-state index < -0.39 is 0 Å². The van der Waals surface area contributed by atoms with Crippen LogP contribution in [0.1, 0.15) is 21.6 Å². The molecule has 0 saturated carbocycles. The van der Waals surface area contributed by atoms with Gasteiger partial charge in [0.2, 0.25) is 0 Å². The highest BCUT2D eigenvalue weighted by Gasteiger charge is 2.15. The monoisotopic (exact) mass is 356 g/mol. The van der Waals surface area contributed by atoms with Gasteiger partial charge in [-0.05, 0) is 24.1 Å². The Morgan fingerprint density at radius 2 is 2.04 bits per heavy atom. The molecule has 1 amide bonds. The van der Waals surface area contributed by atoms with Gasteiger partial charge in [0.1, 0.15) is 5.75 Å². The molecule has 0 aliphatic heterocycles. The topological polar surface area (TPSA) is 69.0 Å². The van der Waals surface area contributed by atoms with Gasteiger partial charge in [0.05, 0.1) is 25.5 Å². The number of methoxy groups -OCH3 is 1. The average Bonchev–Trinajstić information content (AvgIpc) is 3.07. The first kappa shape index (κ1) is 17.0. The number of nitrogens with one attached hydrogen (secondary N) is 1. The number of rotatable bonds is 5. The number of nitrogens with zero attached hydrogens (tertiary/aromatic N) is 3. The van der Waals surface area contributed by atoms with Crippen molar-refractivity contribution in [2.75, 3.05) is 12.4 Å². The van der Waals surface area contributed by atoms with E-state index in [-0.39, 0.29) is 11.6 Å². The summed E-state index contributed by atoms with van der Waals surface area (Å²) in [6.45, 7) is 2.40. The highest BCUT2D eigenvalue weighted by Crippen LogP contribution is 2.31. The molecule has 2 aromatic carbocycles.